The Hall–Kier alpha value is -4.18. The molecule has 4 heteroatoms. The molecule has 4 aromatic rings. The van der Waals surface area contributed by atoms with Crippen LogP contribution in [0, 0.1) is 6.92 Å². The van der Waals surface area contributed by atoms with Gasteiger partial charge in [0.2, 0.25) is 0 Å². The van der Waals surface area contributed by atoms with E-state index in [1.807, 2.05) is 74.5 Å². The third-order valence-electron chi connectivity index (χ3n) is 5.43. The summed E-state index contributed by atoms with van der Waals surface area (Å²) < 4.78 is 11.7. The molecule has 0 saturated heterocycles. The second-order valence-electron chi connectivity index (χ2n) is 8.09. The lowest BCUT2D eigenvalue weighted by molar-refractivity contribution is 0.0982. The van der Waals surface area contributed by atoms with E-state index < -0.39 is 0 Å². The predicted molar refractivity (Wildman–Crippen MR) is 133 cm³/mol. The standard InChI is InChI=1S/C30H26O4/c1-3-29(31)24-5-4-6-28(20-24)34-26-15-9-22(10-16-26)19-30(32)23-11-17-27(18-12-23)33-25-13-7-21(2)8-14-25/h4-18,20H,3,19H2,1-2H3. The van der Waals surface area contributed by atoms with Gasteiger partial charge in [-0.2, -0.15) is 0 Å². The molecule has 0 N–H and O–H groups in total. The highest BCUT2D eigenvalue weighted by Gasteiger charge is 2.09. The van der Waals surface area contributed by atoms with Gasteiger partial charge in [-0.05, 0) is 73.2 Å². The topological polar surface area (TPSA) is 52.6 Å². The van der Waals surface area contributed by atoms with E-state index in [0.29, 0.717) is 41.2 Å². The second-order valence-corrected chi connectivity index (χ2v) is 8.09. The summed E-state index contributed by atoms with van der Waals surface area (Å²) in [5.74, 6) is 2.81. The van der Waals surface area contributed by atoms with Crippen LogP contribution < -0.4 is 9.47 Å². The first-order valence-corrected chi connectivity index (χ1v) is 11.3. The molecular formula is C30H26O4. The summed E-state index contributed by atoms with van der Waals surface area (Å²) in [7, 11) is 0. The lowest BCUT2D eigenvalue weighted by Gasteiger charge is -2.09. The normalized spacial score (nSPS) is 10.5. The molecule has 0 aliphatic heterocycles. The SMILES string of the molecule is CCC(=O)c1cccc(Oc2ccc(CC(=O)c3ccc(Oc4ccc(C)cc4)cc3)cc2)c1. The average Bonchev–Trinajstić information content (AvgIpc) is 2.86. The summed E-state index contributed by atoms with van der Waals surface area (Å²) in [5, 5.41) is 0. The van der Waals surface area contributed by atoms with Gasteiger partial charge < -0.3 is 9.47 Å². The number of carbonyl (C=O) groups excluding carboxylic acids is 2. The first-order chi connectivity index (χ1) is 16.5. The number of benzene rings is 4. The van der Waals surface area contributed by atoms with Crippen molar-refractivity contribution in [1.29, 1.82) is 0 Å². The molecule has 0 unspecified atom stereocenters. The van der Waals surface area contributed by atoms with Crippen molar-refractivity contribution in [2.45, 2.75) is 26.7 Å². The summed E-state index contributed by atoms with van der Waals surface area (Å²) in [5.41, 5.74) is 3.34. The Kier molecular flexibility index (Phi) is 7.19. The van der Waals surface area contributed by atoms with Crippen LogP contribution in [0.4, 0.5) is 0 Å². The Morgan fingerprint density at radius 2 is 1.18 bits per heavy atom. The molecule has 0 atom stereocenters. The van der Waals surface area contributed by atoms with Gasteiger partial charge in [-0.25, -0.2) is 0 Å². The minimum absolute atomic E-state index is 0.0290. The van der Waals surface area contributed by atoms with Gasteiger partial charge in [-0.3, -0.25) is 9.59 Å². The Balaban J connectivity index is 1.35. The zero-order valence-corrected chi connectivity index (χ0v) is 19.3. The smallest absolute Gasteiger partial charge is 0.167 e. The van der Waals surface area contributed by atoms with Crippen LogP contribution >= 0.6 is 0 Å². The summed E-state index contributed by atoms with van der Waals surface area (Å²) in [4.78, 5) is 24.6. The largest absolute Gasteiger partial charge is 0.457 e. The van der Waals surface area contributed by atoms with Crippen LogP contribution in [-0.4, -0.2) is 11.6 Å². The summed E-state index contributed by atoms with van der Waals surface area (Å²) in [6.45, 7) is 3.86. The first kappa shape index (κ1) is 23.0. The molecule has 170 valence electrons. The van der Waals surface area contributed by atoms with Crippen LogP contribution in [0.1, 0.15) is 45.2 Å². The number of hydrogen-bond acceptors (Lipinski definition) is 4. The lowest BCUT2D eigenvalue weighted by atomic mass is 10.0. The number of Topliss-reactive ketones (excluding diaryl/α,β-unsaturated/α-hetero) is 2. The van der Waals surface area contributed by atoms with Crippen molar-refractivity contribution in [2.75, 3.05) is 0 Å². The number of rotatable bonds is 9. The van der Waals surface area contributed by atoms with E-state index in [0.717, 1.165) is 11.3 Å². The van der Waals surface area contributed by atoms with Gasteiger partial charge in [-0.15, -0.1) is 0 Å². The molecule has 0 radical (unpaired) electrons. The van der Waals surface area contributed by atoms with E-state index in [2.05, 4.69) is 0 Å². The highest BCUT2D eigenvalue weighted by atomic mass is 16.5. The lowest BCUT2D eigenvalue weighted by Crippen LogP contribution is -2.03. The van der Waals surface area contributed by atoms with Gasteiger partial charge in [0.05, 0.1) is 0 Å². The number of aryl methyl sites for hydroxylation is 1. The third kappa shape index (κ3) is 5.99. The van der Waals surface area contributed by atoms with E-state index >= 15 is 0 Å². The Morgan fingerprint density at radius 3 is 1.79 bits per heavy atom. The maximum absolute atomic E-state index is 12.7. The quantitative estimate of drug-likeness (QED) is 0.246. The fraction of sp³-hybridized carbons (Fsp3) is 0.133. The van der Waals surface area contributed by atoms with Gasteiger partial charge in [0.15, 0.2) is 11.6 Å². The van der Waals surface area contributed by atoms with E-state index in [1.165, 1.54) is 5.56 Å². The molecule has 0 amide bonds. The summed E-state index contributed by atoms with van der Waals surface area (Å²) in [6, 6.07) is 29.6. The van der Waals surface area contributed by atoms with Crippen molar-refractivity contribution >= 4 is 11.6 Å². The molecule has 4 aromatic carbocycles. The minimum Gasteiger partial charge on any atom is -0.457 e. The van der Waals surface area contributed by atoms with Crippen molar-refractivity contribution in [3.8, 4) is 23.0 Å². The Bertz CT molecular complexity index is 1270. The molecule has 0 fully saturated rings. The van der Waals surface area contributed by atoms with Crippen LogP contribution in [0.25, 0.3) is 0 Å². The van der Waals surface area contributed by atoms with Crippen molar-refractivity contribution in [3.05, 3.63) is 119 Å². The zero-order chi connectivity index (χ0) is 23.9. The zero-order valence-electron chi connectivity index (χ0n) is 19.3. The summed E-state index contributed by atoms with van der Waals surface area (Å²) in [6.07, 6.45) is 0.744. The number of hydrogen-bond donors (Lipinski definition) is 0. The minimum atomic E-state index is 0.0290. The average molecular weight is 451 g/mol. The fourth-order valence-corrected chi connectivity index (χ4v) is 3.49. The van der Waals surface area contributed by atoms with E-state index in [1.54, 1.807) is 36.4 Å². The molecule has 34 heavy (non-hydrogen) atoms. The molecule has 4 rings (SSSR count). The summed E-state index contributed by atoms with van der Waals surface area (Å²) >= 11 is 0. The molecule has 0 aromatic heterocycles. The van der Waals surface area contributed by atoms with Gasteiger partial charge in [0.1, 0.15) is 23.0 Å². The molecule has 0 aliphatic carbocycles. The van der Waals surface area contributed by atoms with Crippen LogP contribution in [-0.2, 0) is 6.42 Å². The maximum Gasteiger partial charge on any atom is 0.167 e. The molecule has 4 nitrogen and oxygen atoms in total. The molecule has 0 spiro atoms. The maximum atomic E-state index is 12.7. The van der Waals surface area contributed by atoms with Crippen LogP contribution in [0.2, 0.25) is 0 Å². The van der Waals surface area contributed by atoms with E-state index in [9.17, 15) is 9.59 Å². The molecule has 0 aliphatic rings. The highest BCUT2D eigenvalue weighted by molar-refractivity contribution is 5.97. The first-order valence-electron chi connectivity index (χ1n) is 11.3. The number of ether oxygens (including phenoxy) is 2. The van der Waals surface area contributed by atoms with Gasteiger partial charge in [-0.1, -0.05) is 48.9 Å². The molecule has 0 heterocycles. The molecular weight excluding hydrogens is 424 g/mol. The van der Waals surface area contributed by atoms with E-state index in [4.69, 9.17) is 9.47 Å². The predicted octanol–water partition coefficient (Wildman–Crippen LogP) is 7.60. The monoisotopic (exact) mass is 450 g/mol. The van der Waals surface area contributed by atoms with E-state index in [-0.39, 0.29) is 11.6 Å². The van der Waals surface area contributed by atoms with Crippen molar-refractivity contribution < 1.29 is 19.1 Å². The van der Waals surface area contributed by atoms with Gasteiger partial charge in [0, 0.05) is 24.0 Å². The van der Waals surface area contributed by atoms with Crippen molar-refractivity contribution in [2.24, 2.45) is 0 Å². The highest BCUT2D eigenvalue weighted by Crippen LogP contribution is 2.25. The second kappa shape index (κ2) is 10.6. The number of ketones is 2. The van der Waals surface area contributed by atoms with Gasteiger partial charge >= 0.3 is 0 Å². The third-order valence-corrected chi connectivity index (χ3v) is 5.43. The fourth-order valence-electron chi connectivity index (χ4n) is 3.49. The van der Waals surface area contributed by atoms with Crippen LogP contribution in [0.3, 0.4) is 0 Å². The van der Waals surface area contributed by atoms with Crippen molar-refractivity contribution in [1.82, 2.24) is 0 Å². The van der Waals surface area contributed by atoms with Gasteiger partial charge in [0.25, 0.3) is 0 Å². The molecule has 0 saturated carbocycles. The van der Waals surface area contributed by atoms with Crippen LogP contribution in [0.5, 0.6) is 23.0 Å². The van der Waals surface area contributed by atoms with Crippen molar-refractivity contribution in [3.63, 3.8) is 0 Å². The van der Waals surface area contributed by atoms with Crippen LogP contribution in [0.15, 0.2) is 97.1 Å². The molecule has 0 bridgehead atoms. The Labute approximate surface area is 199 Å². The Morgan fingerprint density at radius 1 is 0.618 bits per heavy atom. The number of carbonyl (C=O) groups is 2.